The van der Waals surface area contributed by atoms with Crippen molar-refractivity contribution in [2.24, 2.45) is 0 Å². The lowest BCUT2D eigenvalue weighted by molar-refractivity contribution is 0.412. The molecule has 1 heterocycles. The molecule has 0 atom stereocenters. The predicted molar refractivity (Wildman–Crippen MR) is 77.5 cm³/mol. The van der Waals surface area contributed by atoms with E-state index in [0.29, 0.717) is 0 Å². The van der Waals surface area contributed by atoms with E-state index in [1.807, 2.05) is 6.07 Å². The van der Waals surface area contributed by atoms with Gasteiger partial charge in [0.15, 0.2) is 0 Å². The van der Waals surface area contributed by atoms with E-state index in [1.165, 1.54) is 0 Å². The summed E-state index contributed by atoms with van der Waals surface area (Å²) in [7, 11) is 1.70. The summed E-state index contributed by atoms with van der Waals surface area (Å²) < 4.78 is 5.28. The molecule has 0 spiro atoms. The molecule has 0 fully saturated rings. The van der Waals surface area contributed by atoms with Crippen molar-refractivity contribution in [3.63, 3.8) is 0 Å². The molecule has 0 aliphatic rings. The summed E-state index contributed by atoms with van der Waals surface area (Å²) in [5.74, 6) is 0.923. The molecule has 1 aromatic heterocycles. The van der Waals surface area contributed by atoms with E-state index >= 15 is 0 Å². The van der Waals surface area contributed by atoms with E-state index in [2.05, 4.69) is 45.2 Å². The molecule has 0 unspecified atom stereocenters. The van der Waals surface area contributed by atoms with Crippen molar-refractivity contribution in [3.8, 4) is 16.3 Å². The van der Waals surface area contributed by atoms with Crippen molar-refractivity contribution in [1.29, 1.82) is 0 Å². The highest BCUT2D eigenvalue weighted by Gasteiger charge is 2.18. The van der Waals surface area contributed by atoms with Gasteiger partial charge in [0.05, 0.1) is 12.8 Å². The second-order valence-electron chi connectivity index (χ2n) is 5.47. The van der Waals surface area contributed by atoms with Gasteiger partial charge in [-0.2, -0.15) is 0 Å². The molecule has 0 radical (unpaired) electrons. The number of rotatable bonds is 2. The van der Waals surface area contributed by atoms with Crippen molar-refractivity contribution < 1.29 is 4.74 Å². The van der Waals surface area contributed by atoms with E-state index < -0.39 is 0 Å². The summed E-state index contributed by atoms with van der Waals surface area (Å²) in [6, 6.07) is 6.20. The van der Waals surface area contributed by atoms with Gasteiger partial charge in [-0.3, -0.25) is 0 Å². The molecule has 0 aliphatic carbocycles. The van der Waals surface area contributed by atoms with Gasteiger partial charge in [-0.1, -0.05) is 20.8 Å². The number of aromatic nitrogens is 1. The van der Waals surface area contributed by atoms with Crippen LogP contribution < -0.4 is 4.74 Å². The van der Waals surface area contributed by atoms with Gasteiger partial charge >= 0.3 is 0 Å². The third kappa shape index (κ3) is 2.56. The Morgan fingerprint density at radius 1 is 1.22 bits per heavy atom. The van der Waals surface area contributed by atoms with Gasteiger partial charge in [-0.15, -0.1) is 11.3 Å². The minimum Gasteiger partial charge on any atom is -0.496 e. The third-order valence-electron chi connectivity index (χ3n) is 2.91. The molecule has 2 aromatic rings. The number of hydrogen-bond acceptors (Lipinski definition) is 3. The lowest BCUT2D eigenvalue weighted by Gasteiger charge is -2.14. The van der Waals surface area contributed by atoms with Crippen LogP contribution in [0.1, 0.15) is 32.0 Å². The molecule has 0 amide bonds. The van der Waals surface area contributed by atoms with Crippen molar-refractivity contribution in [2.75, 3.05) is 7.11 Å². The van der Waals surface area contributed by atoms with Gasteiger partial charge in [-0.05, 0) is 30.7 Å². The van der Waals surface area contributed by atoms with Crippen LogP contribution in [-0.2, 0) is 5.41 Å². The quantitative estimate of drug-likeness (QED) is 0.798. The van der Waals surface area contributed by atoms with Gasteiger partial charge in [0.2, 0.25) is 0 Å². The van der Waals surface area contributed by atoms with Crippen LogP contribution in [0.3, 0.4) is 0 Å². The van der Waals surface area contributed by atoms with Gasteiger partial charge in [-0.25, -0.2) is 4.98 Å². The van der Waals surface area contributed by atoms with E-state index in [0.717, 1.165) is 27.6 Å². The number of ether oxygens (including phenoxy) is 1. The smallest absolute Gasteiger partial charge is 0.123 e. The second-order valence-corrected chi connectivity index (χ2v) is 6.33. The summed E-state index contributed by atoms with van der Waals surface area (Å²) in [5, 5.41) is 3.22. The number of thiazole rings is 1. The fourth-order valence-corrected chi connectivity index (χ4v) is 2.81. The maximum Gasteiger partial charge on any atom is 0.123 e. The van der Waals surface area contributed by atoms with Crippen LogP contribution in [0.25, 0.3) is 10.6 Å². The molecule has 1 aromatic carbocycles. The molecule has 0 aliphatic heterocycles. The highest BCUT2D eigenvalue weighted by molar-refractivity contribution is 7.13. The number of benzene rings is 1. The summed E-state index contributed by atoms with van der Waals surface area (Å²) in [5.41, 5.74) is 3.56. The van der Waals surface area contributed by atoms with E-state index in [9.17, 15) is 0 Å². The van der Waals surface area contributed by atoms with Crippen LogP contribution in [0, 0.1) is 6.92 Å². The van der Waals surface area contributed by atoms with Crippen LogP contribution in [-0.4, -0.2) is 12.1 Å². The van der Waals surface area contributed by atoms with Gasteiger partial charge in [0.1, 0.15) is 10.8 Å². The average molecular weight is 261 g/mol. The number of methoxy groups -OCH3 is 1. The van der Waals surface area contributed by atoms with Crippen LogP contribution in [0.15, 0.2) is 23.6 Å². The van der Waals surface area contributed by atoms with Crippen molar-refractivity contribution >= 4 is 11.3 Å². The van der Waals surface area contributed by atoms with Crippen LogP contribution in [0.2, 0.25) is 0 Å². The zero-order valence-electron chi connectivity index (χ0n) is 11.6. The molecule has 0 N–H and O–H groups in total. The summed E-state index contributed by atoms with van der Waals surface area (Å²) >= 11 is 1.70. The van der Waals surface area contributed by atoms with E-state index in [1.54, 1.807) is 18.4 Å². The fraction of sp³-hybridized carbons (Fsp3) is 0.400. The fourth-order valence-electron chi connectivity index (χ4n) is 1.76. The van der Waals surface area contributed by atoms with Crippen LogP contribution in [0.4, 0.5) is 0 Å². The lowest BCUT2D eigenvalue weighted by atomic mass is 9.93. The maximum atomic E-state index is 5.28. The maximum absolute atomic E-state index is 5.28. The molecule has 0 bridgehead atoms. The minimum atomic E-state index is 0.107. The first kappa shape index (κ1) is 13.1. The Labute approximate surface area is 113 Å². The zero-order chi connectivity index (χ0) is 13.3. The van der Waals surface area contributed by atoms with Crippen LogP contribution in [0.5, 0.6) is 5.75 Å². The van der Waals surface area contributed by atoms with Crippen LogP contribution >= 0.6 is 11.3 Å². The first-order valence-electron chi connectivity index (χ1n) is 6.03. The molecule has 18 heavy (non-hydrogen) atoms. The van der Waals surface area contributed by atoms with E-state index in [4.69, 9.17) is 9.72 Å². The molecule has 2 rings (SSSR count). The highest BCUT2D eigenvalue weighted by Crippen LogP contribution is 2.31. The standard InChI is InChI=1S/C15H19NOS/c1-10-8-11(6-7-12(10)17-5)14-16-13(9-18-14)15(2,3)4/h6-9H,1-5H3. The molecular weight excluding hydrogens is 242 g/mol. The topological polar surface area (TPSA) is 22.1 Å². The SMILES string of the molecule is COc1ccc(-c2nc(C(C)(C)C)cs2)cc1C. The monoisotopic (exact) mass is 261 g/mol. The first-order chi connectivity index (χ1) is 8.41. The summed E-state index contributed by atoms with van der Waals surface area (Å²) in [6.07, 6.45) is 0. The highest BCUT2D eigenvalue weighted by atomic mass is 32.1. The molecular formula is C15H19NOS. The number of hydrogen-bond donors (Lipinski definition) is 0. The summed E-state index contributed by atoms with van der Waals surface area (Å²) in [4.78, 5) is 4.73. The molecule has 0 saturated carbocycles. The zero-order valence-corrected chi connectivity index (χ0v) is 12.4. The third-order valence-corrected chi connectivity index (χ3v) is 3.81. The van der Waals surface area contributed by atoms with Gasteiger partial charge in [0.25, 0.3) is 0 Å². The first-order valence-corrected chi connectivity index (χ1v) is 6.91. The van der Waals surface area contributed by atoms with Crippen molar-refractivity contribution in [1.82, 2.24) is 4.98 Å². The number of aryl methyl sites for hydroxylation is 1. The molecule has 96 valence electrons. The average Bonchev–Trinajstić information content (AvgIpc) is 2.77. The predicted octanol–water partition coefficient (Wildman–Crippen LogP) is 4.42. The minimum absolute atomic E-state index is 0.107. The Kier molecular flexibility index (Phi) is 3.44. The molecule has 2 nitrogen and oxygen atoms in total. The number of nitrogens with zero attached hydrogens (tertiary/aromatic N) is 1. The lowest BCUT2D eigenvalue weighted by Crippen LogP contribution is -2.11. The summed E-state index contributed by atoms with van der Waals surface area (Å²) in [6.45, 7) is 8.61. The van der Waals surface area contributed by atoms with E-state index in [-0.39, 0.29) is 5.41 Å². The molecule has 3 heteroatoms. The van der Waals surface area contributed by atoms with Crippen molar-refractivity contribution in [2.45, 2.75) is 33.1 Å². The Morgan fingerprint density at radius 2 is 1.94 bits per heavy atom. The molecule has 0 saturated heterocycles. The largest absolute Gasteiger partial charge is 0.496 e. The van der Waals surface area contributed by atoms with Gasteiger partial charge in [0, 0.05) is 16.4 Å². The second kappa shape index (κ2) is 4.73. The van der Waals surface area contributed by atoms with Gasteiger partial charge < -0.3 is 4.74 Å². The Morgan fingerprint density at radius 3 is 2.44 bits per heavy atom. The Bertz CT molecular complexity index is 552. The Balaban J connectivity index is 2.38. The Hall–Kier alpha value is -1.35. The van der Waals surface area contributed by atoms with Crippen molar-refractivity contribution in [3.05, 3.63) is 34.8 Å². The normalized spacial score (nSPS) is 11.6.